The van der Waals surface area contributed by atoms with Gasteiger partial charge in [-0.25, -0.2) is 0 Å². The van der Waals surface area contributed by atoms with Crippen molar-refractivity contribution >= 4 is 11.4 Å². The van der Waals surface area contributed by atoms with Crippen LogP contribution in [0, 0.1) is 20.2 Å². The lowest BCUT2D eigenvalue weighted by Crippen LogP contribution is -2.00. The summed E-state index contributed by atoms with van der Waals surface area (Å²) in [7, 11) is 0. The normalized spacial score (nSPS) is 10.2. The van der Waals surface area contributed by atoms with Gasteiger partial charge in [-0.1, -0.05) is 0 Å². The number of aromatic nitrogens is 1. The summed E-state index contributed by atoms with van der Waals surface area (Å²) in [5, 5.41) is 21.4. The van der Waals surface area contributed by atoms with E-state index in [0.717, 1.165) is 6.07 Å². The van der Waals surface area contributed by atoms with E-state index in [9.17, 15) is 20.2 Å². The Balaban J connectivity index is 2.37. The molecule has 0 radical (unpaired) electrons. The maximum Gasteiger partial charge on any atom is 0.346 e. The van der Waals surface area contributed by atoms with Crippen LogP contribution in [0.2, 0.25) is 0 Å². The van der Waals surface area contributed by atoms with Gasteiger partial charge in [0.25, 0.3) is 0 Å². The molecule has 0 atom stereocenters. The van der Waals surface area contributed by atoms with E-state index >= 15 is 0 Å². The van der Waals surface area contributed by atoms with Crippen molar-refractivity contribution in [2.75, 3.05) is 0 Å². The molecule has 0 aliphatic carbocycles. The molecule has 0 aliphatic heterocycles. The fourth-order valence-electron chi connectivity index (χ4n) is 1.65. The minimum Gasteiger partial charge on any atom is -0.350 e. The summed E-state index contributed by atoms with van der Waals surface area (Å²) in [5.41, 5.74) is -0.329. The van der Waals surface area contributed by atoms with Gasteiger partial charge in [-0.15, -0.1) is 0 Å². The number of hydrogen-bond donors (Lipinski definition) is 0. The second kappa shape index (κ2) is 4.66. The van der Waals surface area contributed by atoms with Crippen molar-refractivity contribution in [3.8, 4) is 0 Å². The topological polar surface area (TPSA) is 91.2 Å². The summed E-state index contributed by atoms with van der Waals surface area (Å²) >= 11 is 0. The van der Waals surface area contributed by atoms with Crippen molar-refractivity contribution in [2.45, 2.75) is 6.54 Å². The van der Waals surface area contributed by atoms with Gasteiger partial charge in [-0.2, -0.15) is 0 Å². The number of nitrogens with zero attached hydrogens (tertiary/aromatic N) is 3. The summed E-state index contributed by atoms with van der Waals surface area (Å²) in [6, 6.07) is 7.58. The molecular weight excluding hydrogens is 238 g/mol. The van der Waals surface area contributed by atoms with Crippen LogP contribution in [0.15, 0.2) is 42.7 Å². The molecule has 1 heterocycles. The van der Waals surface area contributed by atoms with E-state index in [1.807, 2.05) is 29.1 Å². The molecule has 92 valence electrons. The quantitative estimate of drug-likeness (QED) is 0.612. The minimum atomic E-state index is -0.752. The van der Waals surface area contributed by atoms with Gasteiger partial charge in [0.1, 0.15) is 0 Å². The summed E-state index contributed by atoms with van der Waals surface area (Å²) < 4.78 is 1.82. The lowest BCUT2D eigenvalue weighted by molar-refractivity contribution is -0.422. The summed E-state index contributed by atoms with van der Waals surface area (Å²) in [4.78, 5) is 19.9. The molecule has 0 spiro atoms. The molecule has 0 saturated heterocycles. The standard InChI is InChI=1S/C11H9N3O4/c15-13(16)10-4-3-9(7-11(10)14(17)18)8-12-5-1-2-6-12/h1-7H,8H2. The van der Waals surface area contributed by atoms with Gasteiger partial charge in [0.05, 0.1) is 9.85 Å². The van der Waals surface area contributed by atoms with Gasteiger partial charge in [0, 0.05) is 31.1 Å². The van der Waals surface area contributed by atoms with Crippen molar-refractivity contribution < 1.29 is 9.85 Å². The van der Waals surface area contributed by atoms with Crippen LogP contribution in [-0.2, 0) is 6.54 Å². The molecule has 1 aromatic heterocycles. The Hall–Kier alpha value is -2.70. The highest BCUT2D eigenvalue weighted by molar-refractivity contribution is 5.54. The van der Waals surface area contributed by atoms with Crippen LogP contribution in [0.4, 0.5) is 11.4 Å². The van der Waals surface area contributed by atoms with E-state index < -0.39 is 21.2 Å². The van der Waals surface area contributed by atoms with Gasteiger partial charge >= 0.3 is 11.4 Å². The van der Waals surface area contributed by atoms with Crippen LogP contribution >= 0.6 is 0 Å². The van der Waals surface area contributed by atoms with E-state index in [1.54, 1.807) is 0 Å². The zero-order chi connectivity index (χ0) is 13.1. The molecule has 0 unspecified atom stereocenters. The number of rotatable bonds is 4. The zero-order valence-electron chi connectivity index (χ0n) is 9.22. The molecule has 18 heavy (non-hydrogen) atoms. The number of nitro benzene ring substituents is 2. The SMILES string of the molecule is O=[N+]([O-])c1ccc(Cn2cccc2)cc1[N+](=O)[O-]. The Kier molecular flexibility index (Phi) is 3.05. The second-order valence-electron chi connectivity index (χ2n) is 3.69. The maximum atomic E-state index is 10.8. The van der Waals surface area contributed by atoms with Crippen molar-refractivity contribution in [1.82, 2.24) is 4.57 Å². The molecule has 7 nitrogen and oxygen atoms in total. The molecule has 2 rings (SSSR count). The average molecular weight is 247 g/mol. The number of hydrogen-bond acceptors (Lipinski definition) is 4. The molecule has 1 aromatic carbocycles. The fraction of sp³-hybridized carbons (Fsp3) is 0.0909. The Morgan fingerprint density at radius 1 is 1.00 bits per heavy atom. The number of benzene rings is 1. The highest BCUT2D eigenvalue weighted by Gasteiger charge is 2.23. The number of nitro groups is 2. The first-order chi connectivity index (χ1) is 8.58. The van der Waals surface area contributed by atoms with Gasteiger partial charge in [-0.3, -0.25) is 20.2 Å². The molecule has 7 heteroatoms. The van der Waals surface area contributed by atoms with Crippen LogP contribution in [0.25, 0.3) is 0 Å². The van der Waals surface area contributed by atoms with Gasteiger partial charge in [0.2, 0.25) is 0 Å². The van der Waals surface area contributed by atoms with Gasteiger partial charge < -0.3 is 4.57 Å². The second-order valence-corrected chi connectivity index (χ2v) is 3.69. The molecule has 0 fully saturated rings. The largest absolute Gasteiger partial charge is 0.350 e. The van der Waals surface area contributed by atoms with Crippen LogP contribution in [0.3, 0.4) is 0 Å². The van der Waals surface area contributed by atoms with Crippen LogP contribution in [0.1, 0.15) is 5.56 Å². The third kappa shape index (κ3) is 2.34. The Morgan fingerprint density at radius 3 is 2.17 bits per heavy atom. The van der Waals surface area contributed by atoms with E-state index in [2.05, 4.69) is 0 Å². The van der Waals surface area contributed by atoms with Crippen molar-refractivity contribution in [2.24, 2.45) is 0 Å². The monoisotopic (exact) mass is 247 g/mol. The molecule has 2 aromatic rings. The van der Waals surface area contributed by atoms with Crippen LogP contribution in [-0.4, -0.2) is 14.4 Å². The fourth-order valence-corrected chi connectivity index (χ4v) is 1.65. The average Bonchev–Trinajstić information content (AvgIpc) is 2.81. The van der Waals surface area contributed by atoms with Gasteiger partial charge in [-0.05, 0) is 23.8 Å². The highest BCUT2D eigenvalue weighted by Crippen LogP contribution is 2.27. The first-order valence-corrected chi connectivity index (χ1v) is 5.10. The summed E-state index contributed by atoms with van der Waals surface area (Å²) in [6.07, 6.45) is 3.63. The predicted molar refractivity (Wildman–Crippen MR) is 63.3 cm³/mol. The molecule has 0 amide bonds. The minimum absolute atomic E-state index is 0.436. The summed E-state index contributed by atoms with van der Waals surface area (Å²) in [6.45, 7) is 0.436. The highest BCUT2D eigenvalue weighted by atomic mass is 16.6. The van der Waals surface area contributed by atoms with E-state index in [0.29, 0.717) is 12.1 Å². The van der Waals surface area contributed by atoms with Crippen LogP contribution in [0.5, 0.6) is 0 Å². The Morgan fingerprint density at radius 2 is 1.61 bits per heavy atom. The molecular formula is C11H9N3O4. The van der Waals surface area contributed by atoms with E-state index in [1.165, 1.54) is 12.1 Å². The zero-order valence-corrected chi connectivity index (χ0v) is 9.22. The lowest BCUT2D eigenvalue weighted by atomic mass is 10.1. The Labute approximate surface area is 102 Å². The Bertz CT molecular complexity index is 592. The molecule has 0 aliphatic rings. The van der Waals surface area contributed by atoms with Crippen molar-refractivity contribution in [1.29, 1.82) is 0 Å². The van der Waals surface area contributed by atoms with E-state index in [-0.39, 0.29) is 0 Å². The molecule has 0 N–H and O–H groups in total. The predicted octanol–water partition coefficient (Wildman–Crippen LogP) is 2.35. The molecule has 0 bridgehead atoms. The third-order valence-corrected chi connectivity index (χ3v) is 2.46. The molecule has 0 saturated carbocycles. The summed E-state index contributed by atoms with van der Waals surface area (Å²) in [5.74, 6) is 0. The first-order valence-electron chi connectivity index (χ1n) is 5.10. The van der Waals surface area contributed by atoms with E-state index in [4.69, 9.17) is 0 Å². The third-order valence-electron chi connectivity index (χ3n) is 2.46. The van der Waals surface area contributed by atoms with Crippen molar-refractivity contribution in [3.05, 3.63) is 68.5 Å². The van der Waals surface area contributed by atoms with Crippen LogP contribution < -0.4 is 0 Å². The van der Waals surface area contributed by atoms with Gasteiger partial charge in [0.15, 0.2) is 0 Å². The smallest absolute Gasteiger partial charge is 0.346 e. The van der Waals surface area contributed by atoms with Crippen molar-refractivity contribution in [3.63, 3.8) is 0 Å². The lowest BCUT2D eigenvalue weighted by Gasteiger charge is -2.03. The maximum absolute atomic E-state index is 10.8. The first kappa shape index (κ1) is 11.8.